The molecule has 1 amide bonds. The quantitative estimate of drug-likeness (QED) is 0.694. The summed E-state index contributed by atoms with van der Waals surface area (Å²) in [5.74, 6) is 0.360. The van der Waals surface area contributed by atoms with Crippen LogP contribution in [0.3, 0.4) is 0 Å². The predicted octanol–water partition coefficient (Wildman–Crippen LogP) is 2.14. The number of hydrogen-bond donors (Lipinski definition) is 0. The lowest BCUT2D eigenvalue weighted by atomic mass is 10.2. The Hall–Kier alpha value is -0.180. The van der Waals surface area contributed by atoms with E-state index in [1.54, 1.807) is 0 Å². The summed E-state index contributed by atoms with van der Waals surface area (Å²) < 4.78 is 0. The molecule has 0 radical (unpaired) electrons. The van der Waals surface area contributed by atoms with E-state index in [2.05, 4.69) is 13.2 Å². The van der Waals surface area contributed by atoms with E-state index in [0.717, 1.165) is 32.4 Å². The van der Waals surface area contributed by atoms with Gasteiger partial charge in [0.2, 0.25) is 5.91 Å². The van der Waals surface area contributed by atoms with Gasteiger partial charge in [0, 0.05) is 24.8 Å². The third-order valence-corrected chi connectivity index (χ3v) is 3.63. The number of carbonyl (C=O) groups excluding carboxylic acids is 1. The number of nitrogens with zero attached hydrogens (tertiary/aromatic N) is 1. The molecule has 1 aliphatic rings. The van der Waals surface area contributed by atoms with E-state index >= 15 is 0 Å². The summed E-state index contributed by atoms with van der Waals surface area (Å²) in [6.45, 7) is 4.08. The number of amides is 1. The molecule has 1 fully saturated rings. The van der Waals surface area contributed by atoms with Crippen LogP contribution in [0.15, 0.2) is 0 Å². The van der Waals surface area contributed by atoms with Crippen LogP contribution in [-0.4, -0.2) is 35.4 Å². The van der Waals surface area contributed by atoms with Gasteiger partial charge in [-0.2, -0.15) is 11.8 Å². The zero-order valence-corrected chi connectivity index (χ0v) is 9.40. The first-order valence-electron chi connectivity index (χ1n) is 5.08. The minimum Gasteiger partial charge on any atom is -0.342 e. The first-order valence-corrected chi connectivity index (χ1v) is 6.37. The monoisotopic (exact) mass is 201 g/mol. The zero-order valence-electron chi connectivity index (χ0n) is 8.58. The molecule has 0 N–H and O–H groups in total. The summed E-state index contributed by atoms with van der Waals surface area (Å²) in [5, 5.41) is 0.686. The number of hydrogen-bond acceptors (Lipinski definition) is 2. The van der Waals surface area contributed by atoms with Gasteiger partial charge < -0.3 is 4.90 Å². The SMILES string of the molecule is CCCCC(=O)N1CC[C@@H](SC)C1. The number of unbranched alkanes of at least 4 members (excludes halogenated alkanes) is 1. The number of thioether (sulfide) groups is 1. The summed E-state index contributed by atoms with van der Waals surface area (Å²) >= 11 is 1.88. The fourth-order valence-electron chi connectivity index (χ4n) is 1.63. The van der Waals surface area contributed by atoms with Crippen molar-refractivity contribution in [3.05, 3.63) is 0 Å². The van der Waals surface area contributed by atoms with Gasteiger partial charge >= 0.3 is 0 Å². The van der Waals surface area contributed by atoms with Crippen LogP contribution < -0.4 is 0 Å². The maximum atomic E-state index is 11.6. The molecule has 0 aromatic rings. The van der Waals surface area contributed by atoms with Crippen molar-refractivity contribution in [2.24, 2.45) is 0 Å². The van der Waals surface area contributed by atoms with Gasteiger partial charge in [0.05, 0.1) is 0 Å². The molecule has 0 aliphatic carbocycles. The van der Waals surface area contributed by atoms with Crippen LogP contribution in [0.5, 0.6) is 0 Å². The number of likely N-dealkylation sites (tertiary alicyclic amines) is 1. The van der Waals surface area contributed by atoms with Crippen molar-refractivity contribution in [1.29, 1.82) is 0 Å². The molecular formula is C10H19NOS. The molecule has 0 unspecified atom stereocenters. The Morgan fingerprint density at radius 1 is 1.62 bits per heavy atom. The second-order valence-corrected chi connectivity index (χ2v) is 4.73. The van der Waals surface area contributed by atoms with Gasteiger partial charge in [-0.25, -0.2) is 0 Å². The van der Waals surface area contributed by atoms with Crippen LogP contribution in [0.2, 0.25) is 0 Å². The molecule has 0 aromatic heterocycles. The smallest absolute Gasteiger partial charge is 0.222 e. The van der Waals surface area contributed by atoms with E-state index in [9.17, 15) is 4.79 Å². The number of rotatable bonds is 4. The molecule has 1 heterocycles. The zero-order chi connectivity index (χ0) is 9.68. The van der Waals surface area contributed by atoms with Crippen molar-refractivity contribution < 1.29 is 4.79 Å². The fourth-order valence-corrected chi connectivity index (χ4v) is 2.30. The van der Waals surface area contributed by atoms with Gasteiger partial charge in [0.1, 0.15) is 0 Å². The van der Waals surface area contributed by atoms with Gasteiger partial charge in [-0.3, -0.25) is 4.79 Å². The van der Waals surface area contributed by atoms with E-state index in [4.69, 9.17) is 0 Å². The fraction of sp³-hybridized carbons (Fsp3) is 0.900. The van der Waals surface area contributed by atoms with Crippen LogP contribution in [0.25, 0.3) is 0 Å². The molecule has 1 saturated heterocycles. The van der Waals surface area contributed by atoms with Crippen molar-refractivity contribution in [2.75, 3.05) is 19.3 Å². The topological polar surface area (TPSA) is 20.3 Å². The van der Waals surface area contributed by atoms with Crippen molar-refractivity contribution in [1.82, 2.24) is 4.90 Å². The van der Waals surface area contributed by atoms with Crippen molar-refractivity contribution in [3.63, 3.8) is 0 Å². The van der Waals surface area contributed by atoms with Crippen LogP contribution in [0.1, 0.15) is 32.6 Å². The third kappa shape index (κ3) is 3.22. The molecule has 0 saturated carbocycles. The predicted molar refractivity (Wildman–Crippen MR) is 58.0 cm³/mol. The van der Waals surface area contributed by atoms with Crippen molar-refractivity contribution >= 4 is 17.7 Å². The van der Waals surface area contributed by atoms with Gasteiger partial charge in [-0.15, -0.1) is 0 Å². The minimum absolute atomic E-state index is 0.360. The molecule has 2 nitrogen and oxygen atoms in total. The second kappa shape index (κ2) is 5.53. The minimum atomic E-state index is 0.360. The molecule has 76 valence electrons. The Labute approximate surface area is 85.1 Å². The Morgan fingerprint density at radius 2 is 2.38 bits per heavy atom. The summed E-state index contributed by atoms with van der Waals surface area (Å²) in [5.41, 5.74) is 0. The van der Waals surface area contributed by atoms with Crippen LogP contribution in [0, 0.1) is 0 Å². The first-order chi connectivity index (χ1) is 6.27. The molecular weight excluding hydrogens is 182 g/mol. The summed E-state index contributed by atoms with van der Waals surface area (Å²) in [7, 11) is 0. The Kier molecular flexibility index (Phi) is 4.64. The molecule has 0 aromatic carbocycles. The summed E-state index contributed by atoms with van der Waals surface area (Å²) in [4.78, 5) is 13.6. The highest BCUT2D eigenvalue weighted by molar-refractivity contribution is 7.99. The van der Waals surface area contributed by atoms with Crippen LogP contribution >= 0.6 is 11.8 Å². The standard InChI is InChI=1S/C10H19NOS/c1-3-4-5-10(12)11-7-6-9(8-11)13-2/h9H,3-8H2,1-2H3/t9-/m1/s1. The van der Waals surface area contributed by atoms with E-state index in [-0.39, 0.29) is 0 Å². The lowest BCUT2D eigenvalue weighted by Crippen LogP contribution is -2.28. The molecule has 3 heteroatoms. The summed E-state index contributed by atoms with van der Waals surface area (Å²) in [6.07, 6.45) is 6.21. The normalized spacial score (nSPS) is 22.3. The average molecular weight is 201 g/mol. The van der Waals surface area contributed by atoms with Crippen LogP contribution in [0.4, 0.5) is 0 Å². The maximum Gasteiger partial charge on any atom is 0.222 e. The van der Waals surface area contributed by atoms with E-state index in [0.29, 0.717) is 11.2 Å². The second-order valence-electron chi connectivity index (χ2n) is 3.59. The van der Waals surface area contributed by atoms with E-state index in [1.807, 2.05) is 16.7 Å². The van der Waals surface area contributed by atoms with Gasteiger partial charge in [-0.1, -0.05) is 13.3 Å². The lowest BCUT2D eigenvalue weighted by molar-refractivity contribution is -0.130. The van der Waals surface area contributed by atoms with E-state index < -0.39 is 0 Å². The molecule has 1 rings (SSSR count). The maximum absolute atomic E-state index is 11.6. The largest absolute Gasteiger partial charge is 0.342 e. The van der Waals surface area contributed by atoms with Crippen molar-refractivity contribution in [3.8, 4) is 0 Å². The number of carbonyl (C=O) groups is 1. The molecule has 0 spiro atoms. The Morgan fingerprint density at radius 3 is 2.92 bits per heavy atom. The molecule has 0 bridgehead atoms. The highest BCUT2D eigenvalue weighted by atomic mass is 32.2. The highest BCUT2D eigenvalue weighted by Gasteiger charge is 2.24. The van der Waals surface area contributed by atoms with E-state index in [1.165, 1.54) is 6.42 Å². The molecule has 1 aliphatic heterocycles. The van der Waals surface area contributed by atoms with Gasteiger partial charge in [0.15, 0.2) is 0 Å². The summed E-state index contributed by atoms with van der Waals surface area (Å²) in [6, 6.07) is 0. The first kappa shape index (κ1) is 10.9. The Balaban J connectivity index is 2.25. The third-order valence-electron chi connectivity index (χ3n) is 2.58. The molecule has 1 atom stereocenters. The highest BCUT2D eigenvalue weighted by Crippen LogP contribution is 2.20. The average Bonchev–Trinajstić information content (AvgIpc) is 2.62. The van der Waals surface area contributed by atoms with Gasteiger partial charge in [-0.05, 0) is 19.1 Å². The molecule has 13 heavy (non-hydrogen) atoms. The lowest BCUT2D eigenvalue weighted by Gasteiger charge is -2.15. The van der Waals surface area contributed by atoms with Gasteiger partial charge in [0.25, 0.3) is 0 Å². The van der Waals surface area contributed by atoms with Crippen molar-refractivity contribution in [2.45, 2.75) is 37.9 Å². The Bertz CT molecular complexity index is 172. The van der Waals surface area contributed by atoms with Crippen LogP contribution in [-0.2, 0) is 4.79 Å².